The quantitative estimate of drug-likeness (QED) is 0.443. The third kappa shape index (κ3) is 4.13. The van der Waals surface area contributed by atoms with E-state index in [0.29, 0.717) is 17.7 Å². The Morgan fingerprint density at radius 3 is 2.76 bits per heavy atom. The van der Waals surface area contributed by atoms with Gasteiger partial charge in [-0.15, -0.1) is 11.8 Å². The van der Waals surface area contributed by atoms with Gasteiger partial charge < -0.3 is 4.74 Å². The molecule has 0 aliphatic rings. The molecule has 0 unspecified atom stereocenters. The van der Waals surface area contributed by atoms with Crippen LogP contribution >= 0.6 is 11.8 Å². The second-order valence-electron chi connectivity index (χ2n) is 3.85. The van der Waals surface area contributed by atoms with Crippen LogP contribution < -0.4 is 0 Å². The molecule has 1 aromatic carbocycles. The third-order valence-corrected chi connectivity index (χ3v) is 3.53. The molecule has 0 saturated heterocycles. The number of methoxy groups -OCH3 is 1. The largest absolute Gasteiger partial charge is 0.385 e. The average Bonchev–Trinajstić information content (AvgIpc) is 2.28. The Hall–Kier alpha value is -0.870. The zero-order valence-corrected chi connectivity index (χ0v) is 11.2. The molecule has 0 radical (unpaired) electrons. The molecule has 0 N–H and O–H groups in total. The number of carbonyl (C=O) groups is 1. The SMILES string of the molecule is COCCCSc1cc(C)c(F)cc1C(C)=O. The number of thioether (sulfide) groups is 1. The summed E-state index contributed by atoms with van der Waals surface area (Å²) in [7, 11) is 1.66. The first kappa shape index (κ1) is 14.2. The Balaban J connectivity index is 2.81. The molecule has 1 aromatic rings. The first-order chi connectivity index (χ1) is 8.06. The van der Waals surface area contributed by atoms with Crippen LogP contribution in [-0.4, -0.2) is 25.3 Å². The fourth-order valence-corrected chi connectivity index (χ4v) is 2.54. The molecule has 0 aliphatic heterocycles. The van der Waals surface area contributed by atoms with Crippen molar-refractivity contribution in [3.63, 3.8) is 0 Å². The number of Topliss-reactive ketones (excluding diaryl/α,β-unsaturated/α-hetero) is 1. The lowest BCUT2D eigenvalue weighted by Gasteiger charge is -2.08. The smallest absolute Gasteiger partial charge is 0.161 e. The Kier molecular flexibility index (Phi) is 5.65. The van der Waals surface area contributed by atoms with Gasteiger partial charge in [-0.2, -0.15) is 0 Å². The summed E-state index contributed by atoms with van der Waals surface area (Å²) in [5.74, 6) is 0.439. The topological polar surface area (TPSA) is 26.3 Å². The van der Waals surface area contributed by atoms with E-state index in [0.717, 1.165) is 17.1 Å². The Morgan fingerprint density at radius 2 is 2.18 bits per heavy atom. The summed E-state index contributed by atoms with van der Waals surface area (Å²) in [6.45, 7) is 3.87. The molecule has 94 valence electrons. The molecule has 1 rings (SSSR count). The maximum absolute atomic E-state index is 13.4. The monoisotopic (exact) mass is 256 g/mol. The van der Waals surface area contributed by atoms with Crippen molar-refractivity contribution in [2.24, 2.45) is 0 Å². The number of rotatable bonds is 6. The Morgan fingerprint density at radius 1 is 1.47 bits per heavy atom. The predicted molar refractivity (Wildman–Crippen MR) is 68.4 cm³/mol. The van der Waals surface area contributed by atoms with Gasteiger partial charge in [0.25, 0.3) is 0 Å². The summed E-state index contributed by atoms with van der Waals surface area (Å²) >= 11 is 1.57. The molecule has 0 heterocycles. The standard InChI is InChI=1S/C13H17FO2S/c1-9-7-13(17-6-4-5-16-3)11(10(2)15)8-12(9)14/h7-8H,4-6H2,1-3H3. The van der Waals surface area contributed by atoms with Gasteiger partial charge in [0.05, 0.1) is 0 Å². The van der Waals surface area contributed by atoms with Gasteiger partial charge in [0.1, 0.15) is 5.82 Å². The first-order valence-corrected chi connectivity index (χ1v) is 6.47. The van der Waals surface area contributed by atoms with Crippen molar-refractivity contribution in [1.82, 2.24) is 0 Å². The second kappa shape index (κ2) is 6.77. The van der Waals surface area contributed by atoms with E-state index in [-0.39, 0.29) is 11.6 Å². The molecule has 0 atom stereocenters. The molecular weight excluding hydrogens is 239 g/mol. The maximum Gasteiger partial charge on any atom is 0.161 e. The highest BCUT2D eigenvalue weighted by Crippen LogP contribution is 2.26. The summed E-state index contributed by atoms with van der Waals surface area (Å²) in [4.78, 5) is 12.3. The average molecular weight is 256 g/mol. The molecule has 4 heteroatoms. The minimum absolute atomic E-state index is 0.0989. The van der Waals surface area contributed by atoms with Crippen LogP contribution in [0, 0.1) is 12.7 Å². The number of ketones is 1. The van der Waals surface area contributed by atoms with Crippen LogP contribution in [-0.2, 0) is 4.74 Å². The fourth-order valence-electron chi connectivity index (χ4n) is 1.43. The molecule has 0 fully saturated rings. The zero-order valence-electron chi connectivity index (χ0n) is 10.4. The van der Waals surface area contributed by atoms with Gasteiger partial charge >= 0.3 is 0 Å². The van der Waals surface area contributed by atoms with Crippen LogP contribution in [0.1, 0.15) is 29.3 Å². The molecule has 0 spiro atoms. The van der Waals surface area contributed by atoms with Gasteiger partial charge in [-0.05, 0) is 38.0 Å². The zero-order chi connectivity index (χ0) is 12.8. The number of ether oxygens (including phenoxy) is 1. The van der Waals surface area contributed by atoms with Crippen LogP contribution in [0.2, 0.25) is 0 Å². The highest BCUT2D eigenvalue weighted by molar-refractivity contribution is 7.99. The lowest BCUT2D eigenvalue weighted by Crippen LogP contribution is -1.99. The lowest BCUT2D eigenvalue weighted by molar-refractivity contribution is 0.101. The van der Waals surface area contributed by atoms with E-state index in [1.165, 1.54) is 13.0 Å². The Labute approximate surface area is 106 Å². The third-order valence-electron chi connectivity index (χ3n) is 2.39. The van der Waals surface area contributed by atoms with E-state index in [9.17, 15) is 9.18 Å². The minimum Gasteiger partial charge on any atom is -0.385 e. The van der Waals surface area contributed by atoms with Crippen LogP contribution in [0.25, 0.3) is 0 Å². The van der Waals surface area contributed by atoms with E-state index in [4.69, 9.17) is 4.74 Å². The van der Waals surface area contributed by atoms with E-state index in [1.54, 1.807) is 31.9 Å². The summed E-state index contributed by atoms with van der Waals surface area (Å²) in [5.41, 5.74) is 1.04. The number of hydrogen-bond donors (Lipinski definition) is 0. The molecule has 0 aromatic heterocycles. The highest BCUT2D eigenvalue weighted by atomic mass is 32.2. The molecule has 2 nitrogen and oxygen atoms in total. The number of hydrogen-bond acceptors (Lipinski definition) is 3. The first-order valence-electron chi connectivity index (χ1n) is 5.49. The molecule has 17 heavy (non-hydrogen) atoms. The maximum atomic E-state index is 13.4. The van der Waals surface area contributed by atoms with Crippen molar-refractivity contribution < 1.29 is 13.9 Å². The van der Waals surface area contributed by atoms with Gasteiger partial charge in [-0.1, -0.05) is 0 Å². The van der Waals surface area contributed by atoms with E-state index in [2.05, 4.69) is 0 Å². The van der Waals surface area contributed by atoms with Crippen molar-refractivity contribution >= 4 is 17.5 Å². The summed E-state index contributed by atoms with van der Waals surface area (Å²) in [6, 6.07) is 3.07. The van der Waals surface area contributed by atoms with Crippen molar-refractivity contribution in [2.75, 3.05) is 19.5 Å². The predicted octanol–water partition coefficient (Wildman–Crippen LogP) is 3.47. The summed E-state index contributed by atoms with van der Waals surface area (Å²) in [6.07, 6.45) is 0.912. The fraction of sp³-hybridized carbons (Fsp3) is 0.462. The number of benzene rings is 1. The van der Waals surface area contributed by atoms with Crippen molar-refractivity contribution in [1.29, 1.82) is 0 Å². The normalized spacial score (nSPS) is 10.6. The minimum atomic E-state index is -0.323. The van der Waals surface area contributed by atoms with Crippen LogP contribution in [0.15, 0.2) is 17.0 Å². The van der Waals surface area contributed by atoms with Gasteiger partial charge in [-0.3, -0.25) is 4.79 Å². The second-order valence-corrected chi connectivity index (χ2v) is 4.99. The van der Waals surface area contributed by atoms with Crippen molar-refractivity contribution in [3.05, 3.63) is 29.1 Å². The van der Waals surface area contributed by atoms with Gasteiger partial charge in [0, 0.05) is 29.9 Å². The van der Waals surface area contributed by atoms with Gasteiger partial charge in [0.2, 0.25) is 0 Å². The molecule has 0 bridgehead atoms. The van der Waals surface area contributed by atoms with E-state index in [1.807, 2.05) is 0 Å². The molecule has 0 amide bonds. The van der Waals surface area contributed by atoms with Gasteiger partial charge in [0.15, 0.2) is 5.78 Å². The summed E-state index contributed by atoms with van der Waals surface area (Å²) in [5, 5.41) is 0. The molecule has 0 saturated carbocycles. The number of halogens is 1. The van der Waals surface area contributed by atoms with Gasteiger partial charge in [-0.25, -0.2) is 4.39 Å². The van der Waals surface area contributed by atoms with E-state index >= 15 is 0 Å². The number of aryl methyl sites for hydroxylation is 1. The summed E-state index contributed by atoms with van der Waals surface area (Å²) < 4.78 is 18.3. The van der Waals surface area contributed by atoms with Crippen LogP contribution in [0.4, 0.5) is 4.39 Å². The van der Waals surface area contributed by atoms with E-state index < -0.39 is 0 Å². The Bertz CT molecular complexity index is 405. The highest BCUT2D eigenvalue weighted by Gasteiger charge is 2.11. The number of carbonyl (C=O) groups excluding carboxylic acids is 1. The van der Waals surface area contributed by atoms with Crippen LogP contribution in [0.3, 0.4) is 0 Å². The van der Waals surface area contributed by atoms with Crippen LogP contribution in [0.5, 0.6) is 0 Å². The van der Waals surface area contributed by atoms with Crippen molar-refractivity contribution in [3.8, 4) is 0 Å². The molecule has 0 aliphatic carbocycles. The van der Waals surface area contributed by atoms with Crippen molar-refractivity contribution in [2.45, 2.75) is 25.2 Å². The molecular formula is C13H17FO2S. The lowest BCUT2D eigenvalue weighted by atomic mass is 10.1.